The molecule has 0 aromatic heterocycles. The topological polar surface area (TPSA) is 69.6 Å². The van der Waals surface area contributed by atoms with Crippen molar-refractivity contribution in [1.29, 1.82) is 0 Å². The second-order valence-corrected chi connectivity index (χ2v) is 5.64. The van der Waals surface area contributed by atoms with Gasteiger partial charge in [0.25, 0.3) is 0 Å². The Morgan fingerprint density at radius 2 is 2.05 bits per heavy atom. The lowest BCUT2D eigenvalue weighted by molar-refractivity contribution is -0.139. The van der Waals surface area contributed by atoms with Crippen molar-refractivity contribution in [3.05, 3.63) is 35.9 Å². The molecular weight excluding hydrogens is 278 g/mol. The van der Waals surface area contributed by atoms with E-state index in [0.717, 1.165) is 24.8 Å². The van der Waals surface area contributed by atoms with Crippen LogP contribution in [0.15, 0.2) is 30.3 Å². The number of benzene rings is 1. The van der Waals surface area contributed by atoms with E-state index < -0.39 is 17.6 Å². The van der Waals surface area contributed by atoms with E-state index in [1.165, 1.54) is 0 Å². The van der Waals surface area contributed by atoms with Gasteiger partial charge in [-0.25, -0.2) is 0 Å². The summed E-state index contributed by atoms with van der Waals surface area (Å²) in [4.78, 5) is 11.3. The number of nitrogens with one attached hydrogen (secondary N) is 1. The van der Waals surface area contributed by atoms with Gasteiger partial charge < -0.3 is 15.5 Å². The minimum absolute atomic E-state index is 0.121. The lowest BCUT2D eigenvalue weighted by Gasteiger charge is -2.21. The van der Waals surface area contributed by atoms with E-state index in [1.54, 1.807) is 6.92 Å². The summed E-state index contributed by atoms with van der Waals surface area (Å²) >= 11 is 0. The van der Waals surface area contributed by atoms with E-state index in [-0.39, 0.29) is 6.54 Å². The Kier molecular flexibility index (Phi) is 7.65. The monoisotopic (exact) mass is 303 g/mol. The highest BCUT2D eigenvalue weighted by molar-refractivity contribution is 5.73. The highest BCUT2D eigenvalue weighted by atomic mass is 16.4. The molecule has 2 unspecified atom stereocenters. The van der Waals surface area contributed by atoms with Gasteiger partial charge in [-0.1, -0.05) is 49.6 Å². The Hall–Kier alpha value is -1.83. The third-order valence-corrected chi connectivity index (χ3v) is 3.29. The molecule has 0 heterocycles. The van der Waals surface area contributed by atoms with Crippen LogP contribution in [0, 0.1) is 11.8 Å². The number of hydrogen-bond acceptors (Lipinski definition) is 3. The number of hydrogen-bond donors (Lipinski definition) is 3. The molecule has 0 saturated heterocycles. The minimum Gasteiger partial charge on any atom is -0.480 e. The Balaban J connectivity index is 2.56. The number of unbranched alkanes of at least 4 members (excludes halogenated alkanes) is 2. The number of carboxylic acids is 1. The van der Waals surface area contributed by atoms with Crippen LogP contribution in [-0.4, -0.2) is 34.4 Å². The van der Waals surface area contributed by atoms with Gasteiger partial charge in [-0.2, -0.15) is 0 Å². The van der Waals surface area contributed by atoms with Crippen molar-refractivity contribution in [3.63, 3.8) is 0 Å². The zero-order valence-corrected chi connectivity index (χ0v) is 13.3. The minimum atomic E-state index is -1.22. The van der Waals surface area contributed by atoms with Crippen LogP contribution in [0.2, 0.25) is 0 Å². The lowest BCUT2D eigenvalue weighted by Crippen LogP contribution is -2.46. The van der Waals surface area contributed by atoms with Crippen LogP contribution < -0.4 is 5.32 Å². The molecule has 2 atom stereocenters. The molecule has 0 amide bonds. The Morgan fingerprint density at radius 3 is 2.64 bits per heavy atom. The molecule has 1 aromatic carbocycles. The highest BCUT2D eigenvalue weighted by Crippen LogP contribution is 2.06. The van der Waals surface area contributed by atoms with E-state index in [4.69, 9.17) is 0 Å². The third kappa shape index (κ3) is 7.26. The van der Waals surface area contributed by atoms with E-state index in [1.807, 2.05) is 30.3 Å². The fraction of sp³-hybridized carbons (Fsp3) is 0.500. The van der Waals surface area contributed by atoms with Crippen molar-refractivity contribution in [2.24, 2.45) is 0 Å². The first-order valence-electron chi connectivity index (χ1n) is 7.67. The maximum atomic E-state index is 11.3. The fourth-order valence-corrected chi connectivity index (χ4v) is 1.98. The molecule has 4 nitrogen and oxygen atoms in total. The first-order chi connectivity index (χ1) is 10.4. The number of carboxylic acid groups (broad SMARTS) is 1. The molecule has 3 N–H and O–H groups in total. The van der Waals surface area contributed by atoms with Gasteiger partial charge >= 0.3 is 5.97 Å². The molecule has 1 aromatic rings. The molecule has 0 saturated carbocycles. The summed E-state index contributed by atoms with van der Waals surface area (Å²) in [6.07, 6.45) is 3.18. The molecule has 0 aliphatic carbocycles. The van der Waals surface area contributed by atoms with Crippen LogP contribution in [-0.2, 0) is 11.2 Å². The van der Waals surface area contributed by atoms with Crippen molar-refractivity contribution in [1.82, 2.24) is 5.32 Å². The number of aliphatic hydroxyl groups is 1. The summed E-state index contributed by atoms with van der Waals surface area (Å²) in [5.74, 6) is 4.81. The second-order valence-electron chi connectivity index (χ2n) is 5.64. The summed E-state index contributed by atoms with van der Waals surface area (Å²) in [6.45, 7) is 3.80. The fourth-order valence-electron chi connectivity index (χ4n) is 1.98. The predicted molar refractivity (Wildman–Crippen MR) is 87.5 cm³/mol. The lowest BCUT2D eigenvalue weighted by atomic mass is 10.0. The summed E-state index contributed by atoms with van der Waals surface area (Å²) in [5, 5.41) is 22.4. The SMILES string of the molecule is CCCCC#CC(C)(O)CNC(Cc1ccccc1)C(=O)O. The Morgan fingerprint density at radius 1 is 1.36 bits per heavy atom. The van der Waals surface area contributed by atoms with Crippen LogP contribution in [0.5, 0.6) is 0 Å². The smallest absolute Gasteiger partial charge is 0.321 e. The zero-order chi connectivity index (χ0) is 16.4. The third-order valence-electron chi connectivity index (χ3n) is 3.29. The molecule has 0 aliphatic heterocycles. The molecule has 22 heavy (non-hydrogen) atoms. The van der Waals surface area contributed by atoms with Crippen LogP contribution >= 0.6 is 0 Å². The molecule has 0 fully saturated rings. The van der Waals surface area contributed by atoms with Crippen molar-refractivity contribution in [3.8, 4) is 11.8 Å². The molecule has 4 heteroatoms. The number of rotatable bonds is 8. The molecule has 0 spiro atoms. The molecule has 120 valence electrons. The Labute approximate surface area is 132 Å². The summed E-state index contributed by atoms with van der Waals surface area (Å²) < 4.78 is 0. The van der Waals surface area contributed by atoms with Crippen molar-refractivity contribution < 1.29 is 15.0 Å². The first kappa shape index (κ1) is 18.2. The molecule has 1 rings (SSSR count). The van der Waals surface area contributed by atoms with Crippen molar-refractivity contribution in [2.45, 2.75) is 51.2 Å². The summed E-state index contributed by atoms with van der Waals surface area (Å²) in [6, 6.07) is 8.68. The normalized spacial score (nSPS) is 14.5. The molecule has 0 aliphatic rings. The average molecular weight is 303 g/mol. The van der Waals surface area contributed by atoms with Crippen LogP contribution in [0.3, 0.4) is 0 Å². The van der Waals surface area contributed by atoms with Gasteiger partial charge in [0.15, 0.2) is 0 Å². The van der Waals surface area contributed by atoms with Crippen LogP contribution in [0.25, 0.3) is 0 Å². The summed E-state index contributed by atoms with van der Waals surface area (Å²) in [7, 11) is 0. The van der Waals surface area contributed by atoms with Gasteiger partial charge in [-0.15, -0.1) is 5.92 Å². The largest absolute Gasteiger partial charge is 0.480 e. The van der Waals surface area contributed by atoms with Gasteiger partial charge in [0.05, 0.1) is 0 Å². The van der Waals surface area contributed by atoms with Gasteiger partial charge in [0, 0.05) is 13.0 Å². The molecular formula is C18H25NO3. The maximum absolute atomic E-state index is 11.3. The van der Waals surface area contributed by atoms with Crippen molar-refractivity contribution >= 4 is 5.97 Å². The predicted octanol–water partition coefficient (Wildman–Crippen LogP) is 2.22. The quantitative estimate of drug-likeness (QED) is 0.509. The number of aliphatic carboxylic acids is 1. The van der Waals surface area contributed by atoms with Crippen molar-refractivity contribution in [2.75, 3.05) is 6.54 Å². The second kappa shape index (κ2) is 9.24. The van der Waals surface area contributed by atoms with E-state index in [0.29, 0.717) is 6.42 Å². The zero-order valence-electron chi connectivity index (χ0n) is 13.3. The number of carbonyl (C=O) groups is 1. The summed E-state index contributed by atoms with van der Waals surface area (Å²) in [5.41, 5.74) is -0.283. The van der Waals surface area contributed by atoms with E-state index >= 15 is 0 Å². The Bertz CT molecular complexity index is 514. The van der Waals surface area contributed by atoms with Crippen LogP contribution in [0.4, 0.5) is 0 Å². The first-order valence-corrected chi connectivity index (χ1v) is 7.67. The molecule has 0 radical (unpaired) electrons. The van der Waals surface area contributed by atoms with Gasteiger partial charge in [0.1, 0.15) is 11.6 Å². The standard InChI is InChI=1S/C18H25NO3/c1-3-4-5-9-12-18(2,22)14-19-16(17(20)21)13-15-10-7-6-8-11-15/h6-8,10-11,16,19,22H,3-5,13-14H2,1-2H3,(H,20,21). The average Bonchev–Trinajstić information content (AvgIpc) is 2.49. The maximum Gasteiger partial charge on any atom is 0.321 e. The van der Waals surface area contributed by atoms with Gasteiger partial charge in [-0.3, -0.25) is 4.79 Å². The highest BCUT2D eigenvalue weighted by Gasteiger charge is 2.23. The van der Waals surface area contributed by atoms with Crippen LogP contribution in [0.1, 0.15) is 38.7 Å². The van der Waals surface area contributed by atoms with E-state index in [9.17, 15) is 15.0 Å². The van der Waals surface area contributed by atoms with Gasteiger partial charge in [-0.05, 0) is 25.3 Å². The molecule has 0 bridgehead atoms. The van der Waals surface area contributed by atoms with E-state index in [2.05, 4.69) is 24.1 Å². The van der Waals surface area contributed by atoms with Gasteiger partial charge in [0.2, 0.25) is 0 Å².